The Kier molecular flexibility index (Phi) is 4.55. The number of aliphatic hydroxyl groups is 2. The molecule has 0 spiro atoms. The van der Waals surface area contributed by atoms with Gasteiger partial charge in [0, 0.05) is 5.56 Å². The molecule has 0 amide bonds. The summed E-state index contributed by atoms with van der Waals surface area (Å²) in [6.45, 7) is 1.01. The predicted molar refractivity (Wildman–Crippen MR) is 59.6 cm³/mol. The minimum absolute atomic E-state index is 0.00682. The number of aliphatic hydroxyl groups excluding tert-OH is 2. The van der Waals surface area contributed by atoms with Crippen LogP contribution < -0.4 is 4.74 Å². The third-order valence-corrected chi connectivity index (χ3v) is 3.42. The smallest absolute Gasteiger partial charge is 0.349 e. The van der Waals surface area contributed by atoms with E-state index in [1.165, 1.54) is 0 Å². The number of ether oxygens (including phenoxy) is 1. The molecule has 0 aliphatic carbocycles. The second-order valence-electron chi connectivity index (χ2n) is 3.11. The standard InChI is InChI=1S/C9H11ClO5S/c1-4-6(15-3-5(12)2-11)7(9(13)14)16-8(4)10/h5,11-12H,2-3H2,1H3,(H,13,14). The predicted octanol–water partition coefficient (Wildman–Crippen LogP) is 1.14. The van der Waals surface area contributed by atoms with Crippen molar-refractivity contribution in [3.05, 3.63) is 14.8 Å². The topological polar surface area (TPSA) is 87.0 Å². The normalized spacial score (nSPS) is 12.5. The van der Waals surface area contributed by atoms with Crippen molar-refractivity contribution in [2.75, 3.05) is 13.2 Å². The summed E-state index contributed by atoms with van der Waals surface area (Å²) in [6, 6.07) is 0. The largest absolute Gasteiger partial charge is 0.489 e. The van der Waals surface area contributed by atoms with Crippen molar-refractivity contribution < 1.29 is 24.9 Å². The highest BCUT2D eigenvalue weighted by molar-refractivity contribution is 7.18. The van der Waals surface area contributed by atoms with E-state index in [1.54, 1.807) is 6.92 Å². The highest BCUT2D eigenvalue weighted by Crippen LogP contribution is 2.38. The van der Waals surface area contributed by atoms with E-state index in [0.717, 1.165) is 11.3 Å². The molecule has 0 saturated carbocycles. The zero-order valence-electron chi connectivity index (χ0n) is 8.44. The van der Waals surface area contributed by atoms with Gasteiger partial charge in [0.15, 0.2) is 4.88 Å². The van der Waals surface area contributed by atoms with Gasteiger partial charge in [-0.2, -0.15) is 0 Å². The van der Waals surface area contributed by atoms with E-state index < -0.39 is 18.7 Å². The van der Waals surface area contributed by atoms with Crippen LogP contribution in [-0.2, 0) is 0 Å². The summed E-state index contributed by atoms with van der Waals surface area (Å²) in [7, 11) is 0. The molecule has 0 fully saturated rings. The van der Waals surface area contributed by atoms with E-state index in [9.17, 15) is 4.79 Å². The summed E-state index contributed by atoms with van der Waals surface area (Å²) >= 11 is 6.70. The number of thiophene rings is 1. The fourth-order valence-electron chi connectivity index (χ4n) is 1.02. The van der Waals surface area contributed by atoms with Crippen LogP contribution in [0.3, 0.4) is 0 Å². The first kappa shape index (κ1) is 13.2. The van der Waals surface area contributed by atoms with Crippen molar-refractivity contribution in [2.45, 2.75) is 13.0 Å². The summed E-state index contributed by atoms with van der Waals surface area (Å²) in [5.74, 6) is -0.983. The Hall–Kier alpha value is -0.820. The van der Waals surface area contributed by atoms with Crippen molar-refractivity contribution in [1.29, 1.82) is 0 Å². The average Bonchev–Trinajstić information content (AvgIpc) is 2.53. The highest BCUT2D eigenvalue weighted by Gasteiger charge is 2.21. The lowest BCUT2D eigenvalue weighted by Gasteiger charge is -2.10. The Morgan fingerprint density at radius 1 is 1.62 bits per heavy atom. The first-order chi connectivity index (χ1) is 7.47. The van der Waals surface area contributed by atoms with E-state index >= 15 is 0 Å². The summed E-state index contributed by atoms with van der Waals surface area (Å²) in [5.41, 5.74) is 0.522. The number of carboxylic acid groups (broad SMARTS) is 1. The molecule has 0 bridgehead atoms. The molecule has 16 heavy (non-hydrogen) atoms. The molecule has 1 aromatic rings. The quantitative estimate of drug-likeness (QED) is 0.744. The first-order valence-corrected chi connectivity index (χ1v) is 5.60. The van der Waals surface area contributed by atoms with Gasteiger partial charge in [0.1, 0.15) is 22.8 Å². The molecule has 5 nitrogen and oxygen atoms in total. The molecule has 90 valence electrons. The van der Waals surface area contributed by atoms with Gasteiger partial charge >= 0.3 is 5.97 Å². The van der Waals surface area contributed by atoms with Gasteiger partial charge in [0.05, 0.1) is 6.61 Å². The van der Waals surface area contributed by atoms with Crippen LogP contribution >= 0.6 is 22.9 Å². The van der Waals surface area contributed by atoms with Gasteiger partial charge in [0.2, 0.25) is 0 Å². The summed E-state index contributed by atoms with van der Waals surface area (Å²) in [5, 5.41) is 26.6. The Bertz CT molecular complexity index is 389. The van der Waals surface area contributed by atoms with E-state index in [0.29, 0.717) is 9.90 Å². The van der Waals surface area contributed by atoms with Gasteiger partial charge in [-0.3, -0.25) is 0 Å². The fraction of sp³-hybridized carbons (Fsp3) is 0.444. The van der Waals surface area contributed by atoms with Crippen molar-refractivity contribution in [3.8, 4) is 5.75 Å². The lowest BCUT2D eigenvalue weighted by molar-refractivity contribution is 0.0520. The van der Waals surface area contributed by atoms with Crippen LogP contribution in [0.2, 0.25) is 4.34 Å². The molecule has 0 radical (unpaired) electrons. The minimum Gasteiger partial charge on any atom is -0.489 e. The Balaban J connectivity index is 2.89. The third-order valence-electron chi connectivity index (χ3n) is 1.86. The molecule has 0 aromatic carbocycles. The van der Waals surface area contributed by atoms with Gasteiger partial charge in [-0.15, -0.1) is 11.3 Å². The van der Waals surface area contributed by atoms with Crippen LogP contribution in [0.5, 0.6) is 5.75 Å². The molecule has 3 N–H and O–H groups in total. The Morgan fingerprint density at radius 2 is 2.25 bits per heavy atom. The number of hydrogen-bond acceptors (Lipinski definition) is 5. The Morgan fingerprint density at radius 3 is 2.75 bits per heavy atom. The molecule has 1 atom stereocenters. The van der Waals surface area contributed by atoms with E-state index in [4.69, 9.17) is 31.7 Å². The molecular weight excluding hydrogens is 256 g/mol. The zero-order valence-corrected chi connectivity index (χ0v) is 10.0. The maximum atomic E-state index is 10.9. The molecule has 1 unspecified atom stereocenters. The Labute approximate surface area is 101 Å². The maximum Gasteiger partial charge on any atom is 0.349 e. The van der Waals surface area contributed by atoms with Gasteiger partial charge in [0.25, 0.3) is 0 Å². The van der Waals surface area contributed by atoms with Crippen LogP contribution in [0.4, 0.5) is 0 Å². The number of halogens is 1. The third kappa shape index (κ3) is 2.85. The monoisotopic (exact) mass is 266 g/mol. The fourth-order valence-corrected chi connectivity index (χ4v) is 2.15. The molecule has 1 heterocycles. The summed E-state index contributed by atoms with van der Waals surface area (Å²) < 4.78 is 5.48. The second-order valence-corrected chi connectivity index (χ2v) is 4.73. The van der Waals surface area contributed by atoms with Gasteiger partial charge in [-0.25, -0.2) is 4.79 Å². The van der Waals surface area contributed by atoms with Crippen LogP contribution in [0.1, 0.15) is 15.2 Å². The zero-order chi connectivity index (χ0) is 12.3. The van der Waals surface area contributed by atoms with Crippen molar-refractivity contribution >= 4 is 28.9 Å². The van der Waals surface area contributed by atoms with Crippen molar-refractivity contribution in [2.24, 2.45) is 0 Å². The SMILES string of the molecule is Cc1c(Cl)sc(C(=O)O)c1OCC(O)CO. The molecule has 1 rings (SSSR count). The molecule has 0 aliphatic rings. The van der Waals surface area contributed by atoms with Gasteiger partial charge in [-0.05, 0) is 6.92 Å². The van der Waals surface area contributed by atoms with E-state index in [-0.39, 0.29) is 17.2 Å². The van der Waals surface area contributed by atoms with Crippen molar-refractivity contribution in [3.63, 3.8) is 0 Å². The molecule has 0 saturated heterocycles. The van der Waals surface area contributed by atoms with Crippen LogP contribution in [0.25, 0.3) is 0 Å². The lowest BCUT2D eigenvalue weighted by atomic mass is 10.3. The van der Waals surface area contributed by atoms with E-state index in [1.807, 2.05) is 0 Å². The molecular formula is C9H11ClO5S. The van der Waals surface area contributed by atoms with Crippen LogP contribution in [0, 0.1) is 6.92 Å². The lowest BCUT2D eigenvalue weighted by Crippen LogP contribution is -2.21. The maximum absolute atomic E-state index is 10.9. The minimum atomic E-state index is -1.13. The second kappa shape index (κ2) is 5.49. The first-order valence-electron chi connectivity index (χ1n) is 4.41. The average molecular weight is 267 g/mol. The molecule has 0 aliphatic heterocycles. The van der Waals surface area contributed by atoms with Crippen LogP contribution in [-0.4, -0.2) is 40.6 Å². The summed E-state index contributed by atoms with van der Waals surface area (Å²) in [6.07, 6.45) is -1.04. The highest BCUT2D eigenvalue weighted by atomic mass is 35.5. The number of rotatable bonds is 5. The van der Waals surface area contributed by atoms with Gasteiger partial charge in [-0.1, -0.05) is 11.6 Å². The van der Waals surface area contributed by atoms with Crippen LogP contribution in [0.15, 0.2) is 0 Å². The number of carboxylic acids is 1. The van der Waals surface area contributed by atoms with E-state index in [2.05, 4.69) is 0 Å². The van der Waals surface area contributed by atoms with Crippen molar-refractivity contribution in [1.82, 2.24) is 0 Å². The number of hydrogen-bond donors (Lipinski definition) is 3. The number of carbonyl (C=O) groups is 1. The van der Waals surface area contributed by atoms with Gasteiger partial charge < -0.3 is 20.1 Å². The number of aromatic carboxylic acids is 1. The molecule has 7 heteroatoms. The summed E-state index contributed by atoms with van der Waals surface area (Å²) in [4.78, 5) is 10.9. The molecule has 1 aromatic heterocycles.